The Hall–Kier alpha value is -5.35. The topological polar surface area (TPSA) is 266 Å². The molecule has 0 unspecified atom stereocenters. The number of fused-ring (bicyclic) bond motifs is 3. The van der Waals surface area contributed by atoms with E-state index in [1.54, 1.807) is 13.8 Å². The molecule has 0 saturated carbocycles. The van der Waals surface area contributed by atoms with E-state index in [0.717, 1.165) is 29.2 Å². The van der Waals surface area contributed by atoms with E-state index in [2.05, 4.69) is 26.6 Å². The van der Waals surface area contributed by atoms with Crippen LogP contribution in [0.3, 0.4) is 0 Å². The van der Waals surface area contributed by atoms with Gasteiger partial charge in [0.05, 0.1) is 25.0 Å². The van der Waals surface area contributed by atoms with Gasteiger partial charge in [-0.25, -0.2) is 0 Å². The summed E-state index contributed by atoms with van der Waals surface area (Å²) in [6.45, 7) is 7.43. The highest BCUT2D eigenvalue weighted by Crippen LogP contribution is 2.44. The van der Waals surface area contributed by atoms with Crippen LogP contribution in [-0.4, -0.2) is 99.7 Å². The lowest BCUT2D eigenvalue weighted by Crippen LogP contribution is -2.62. The van der Waals surface area contributed by atoms with Crippen molar-refractivity contribution in [2.75, 3.05) is 6.61 Å². The van der Waals surface area contributed by atoms with E-state index in [0.29, 0.717) is 0 Å². The summed E-state index contributed by atoms with van der Waals surface area (Å²) in [5.41, 5.74) is 8.65. The van der Waals surface area contributed by atoms with Crippen LogP contribution in [0.4, 0.5) is 0 Å². The minimum atomic E-state index is -1.78. The highest BCUT2D eigenvalue weighted by molar-refractivity contribution is 6.00. The summed E-state index contributed by atoms with van der Waals surface area (Å²) in [6.07, 6.45) is -2.22. The van der Waals surface area contributed by atoms with Crippen LogP contribution in [0, 0.1) is 11.8 Å². The molecule has 0 aliphatic heterocycles. The Morgan fingerprint density at radius 3 is 1.57 bits per heavy atom. The quantitative estimate of drug-likeness (QED) is 0.0904. The summed E-state index contributed by atoms with van der Waals surface area (Å²) in [5, 5.41) is 41.8. The normalized spacial score (nSPS) is 15.5. The highest BCUT2D eigenvalue weighted by Gasteiger charge is 2.38. The van der Waals surface area contributed by atoms with E-state index in [-0.39, 0.29) is 24.7 Å². The Kier molecular flexibility index (Phi) is 15.0. The average Bonchev–Trinajstić information content (AvgIpc) is 3.42. The van der Waals surface area contributed by atoms with Crippen molar-refractivity contribution >= 4 is 41.4 Å². The van der Waals surface area contributed by atoms with Gasteiger partial charge in [-0.15, -0.1) is 0 Å². The molecule has 0 radical (unpaired) electrons. The van der Waals surface area contributed by atoms with E-state index >= 15 is 0 Å². The molecular weight excluding hydrogens is 688 g/mol. The van der Waals surface area contributed by atoms with Gasteiger partial charge in [0.1, 0.15) is 30.2 Å². The van der Waals surface area contributed by atoms with E-state index < -0.39 is 96.7 Å². The third kappa shape index (κ3) is 11.3. The van der Waals surface area contributed by atoms with Gasteiger partial charge < -0.3 is 47.6 Å². The maximum Gasteiger partial charge on any atom is 0.305 e. The van der Waals surface area contributed by atoms with E-state index in [1.807, 2.05) is 62.4 Å². The fraction of sp³-hybridized carbons (Fsp3) is 0.486. The molecule has 288 valence electrons. The molecule has 2 aromatic rings. The first-order chi connectivity index (χ1) is 24.9. The molecular formula is C37H50N6O10. The number of carboxylic acids is 1. The standard InChI is InChI=1S/C37H50N6O10/c1-18(2)14-25(32(38)48)39-35(51)28(17-44)42-37(53)31(20(5)45)43-34(50)27(16-29(46)47)40-33(49)26(15-19(3)4)41-36(52)30-23-12-8-6-10-21(23)22-11-7-9-13-24(22)30/h6-13,18-20,25-28,30-31,44-45H,14-17H2,1-5H3,(H2,38,48)(H,39,51)(H,40,49)(H,41,52)(H,42,53)(H,43,50)(H,46,47)/t20-,25+,26+,27+,28+,31+/m1/s1. The Morgan fingerprint density at radius 1 is 0.642 bits per heavy atom. The monoisotopic (exact) mass is 738 g/mol. The fourth-order valence-electron chi connectivity index (χ4n) is 6.16. The summed E-state index contributed by atoms with van der Waals surface area (Å²) in [5.74, 6) is -7.77. The molecule has 2 aromatic carbocycles. The van der Waals surface area contributed by atoms with Crippen molar-refractivity contribution in [3.8, 4) is 11.1 Å². The Balaban J connectivity index is 1.77. The van der Waals surface area contributed by atoms with Crippen molar-refractivity contribution in [3.63, 3.8) is 0 Å². The number of carbonyl (C=O) groups is 7. The number of aliphatic carboxylic acids is 1. The zero-order valence-electron chi connectivity index (χ0n) is 30.4. The van der Waals surface area contributed by atoms with Crippen molar-refractivity contribution in [3.05, 3.63) is 59.7 Å². The van der Waals surface area contributed by atoms with Crippen molar-refractivity contribution in [1.82, 2.24) is 26.6 Å². The number of carboxylic acid groups (broad SMARTS) is 1. The van der Waals surface area contributed by atoms with Crippen molar-refractivity contribution in [1.29, 1.82) is 0 Å². The van der Waals surface area contributed by atoms with Crippen molar-refractivity contribution in [2.45, 2.75) is 96.1 Å². The summed E-state index contributed by atoms with van der Waals surface area (Å²) in [7, 11) is 0. The van der Waals surface area contributed by atoms with Gasteiger partial charge in [-0.05, 0) is 53.9 Å². The predicted molar refractivity (Wildman–Crippen MR) is 192 cm³/mol. The second-order valence-corrected chi connectivity index (χ2v) is 14.0. The Morgan fingerprint density at radius 2 is 1.09 bits per heavy atom. The Bertz CT molecular complexity index is 1630. The van der Waals surface area contributed by atoms with E-state index in [4.69, 9.17) is 5.73 Å². The van der Waals surface area contributed by atoms with Crippen LogP contribution in [-0.2, 0) is 33.6 Å². The minimum absolute atomic E-state index is 0.0387. The number of hydrogen-bond acceptors (Lipinski definition) is 9. The maximum atomic E-state index is 13.9. The van der Waals surface area contributed by atoms with Crippen molar-refractivity contribution in [2.24, 2.45) is 17.6 Å². The van der Waals surface area contributed by atoms with E-state index in [9.17, 15) is 48.9 Å². The predicted octanol–water partition coefficient (Wildman–Crippen LogP) is -0.352. The molecule has 1 aliphatic carbocycles. The summed E-state index contributed by atoms with van der Waals surface area (Å²) in [4.78, 5) is 90.6. The molecule has 3 rings (SSSR count). The van der Waals surface area contributed by atoms with Gasteiger partial charge in [0.2, 0.25) is 35.4 Å². The number of carbonyl (C=O) groups excluding carboxylic acids is 6. The van der Waals surface area contributed by atoms with Crippen LogP contribution < -0.4 is 32.3 Å². The largest absolute Gasteiger partial charge is 0.481 e. The van der Waals surface area contributed by atoms with Crippen LogP contribution >= 0.6 is 0 Å². The number of benzene rings is 2. The molecule has 1 aliphatic rings. The van der Waals surface area contributed by atoms with Crippen LogP contribution in [0.2, 0.25) is 0 Å². The van der Waals surface area contributed by atoms with Crippen LogP contribution in [0.25, 0.3) is 11.1 Å². The van der Waals surface area contributed by atoms with Gasteiger partial charge in [-0.3, -0.25) is 33.6 Å². The summed E-state index contributed by atoms with van der Waals surface area (Å²) < 4.78 is 0. The molecule has 16 heteroatoms. The van der Waals surface area contributed by atoms with Gasteiger partial charge in [0.15, 0.2) is 0 Å². The SMILES string of the molecule is CC(C)C[C@H](NC(=O)[C@H](CO)NC(=O)[C@@H](NC(=O)[C@H](CC(=O)O)NC(=O)[C@H](CC(C)C)NC(=O)C1c2ccccc2-c2ccccc21)[C@@H](C)O)C(N)=O. The fourth-order valence-corrected chi connectivity index (χ4v) is 6.16. The van der Waals surface area contributed by atoms with Gasteiger partial charge in [0, 0.05) is 0 Å². The zero-order valence-corrected chi connectivity index (χ0v) is 30.4. The zero-order chi connectivity index (χ0) is 39.6. The Labute approximate surface area is 307 Å². The first kappa shape index (κ1) is 42.1. The number of primary amides is 1. The summed E-state index contributed by atoms with van der Waals surface area (Å²) in [6, 6.07) is 7.36. The number of nitrogens with one attached hydrogen (secondary N) is 5. The number of nitrogens with two attached hydrogens (primary N) is 1. The third-order valence-electron chi connectivity index (χ3n) is 8.69. The second-order valence-electron chi connectivity index (χ2n) is 14.0. The van der Waals surface area contributed by atoms with Gasteiger partial charge in [0.25, 0.3) is 0 Å². The van der Waals surface area contributed by atoms with Gasteiger partial charge in [-0.1, -0.05) is 76.2 Å². The van der Waals surface area contributed by atoms with Crippen LogP contribution in [0.5, 0.6) is 0 Å². The minimum Gasteiger partial charge on any atom is -0.481 e. The number of amides is 6. The lowest BCUT2D eigenvalue weighted by molar-refractivity contribution is -0.142. The first-order valence-corrected chi connectivity index (χ1v) is 17.4. The number of rotatable bonds is 19. The van der Waals surface area contributed by atoms with Crippen molar-refractivity contribution < 1.29 is 48.9 Å². The second kappa shape index (κ2) is 18.9. The summed E-state index contributed by atoms with van der Waals surface area (Å²) >= 11 is 0. The molecule has 0 bridgehead atoms. The van der Waals surface area contributed by atoms with Gasteiger partial charge in [-0.2, -0.15) is 0 Å². The molecule has 0 saturated heterocycles. The molecule has 0 fully saturated rings. The molecule has 0 aromatic heterocycles. The molecule has 0 spiro atoms. The molecule has 53 heavy (non-hydrogen) atoms. The van der Waals surface area contributed by atoms with Crippen LogP contribution in [0.15, 0.2) is 48.5 Å². The highest BCUT2D eigenvalue weighted by atomic mass is 16.4. The number of hydrogen-bond donors (Lipinski definition) is 9. The maximum absolute atomic E-state index is 13.9. The third-order valence-corrected chi connectivity index (χ3v) is 8.69. The van der Waals surface area contributed by atoms with E-state index in [1.165, 1.54) is 0 Å². The average molecular weight is 739 g/mol. The lowest BCUT2D eigenvalue weighted by Gasteiger charge is -2.28. The van der Waals surface area contributed by atoms with Gasteiger partial charge >= 0.3 is 5.97 Å². The number of aliphatic hydroxyl groups is 2. The lowest BCUT2D eigenvalue weighted by atomic mass is 9.94. The first-order valence-electron chi connectivity index (χ1n) is 17.4. The van der Waals surface area contributed by atoms with Crippen LogP contribution in [0.1, 0.15) is 70.9 Å². The number of aliphatic hydroxyl groups excluding tert-OH is 2. The molecule has 16 nitrogen and oxygen atoms in total. The molecule has 10 N–H and O–H groups in total. The smallest absolute Gasteiger partial charge is 0.305 e. The molecule has 0 heterocycles. The molecule has 6 amide bonds. The molecule has 6 atom stereocenters.